The lowest BCUT2D eigenvalue weighted by molar-refractivity contribution is -0.132. The van der Waals surface area contributed by atoms with Crippen molar-refractivity contribution in [3.8, 4) is 0 Å². The Morgan fingerprint density at radius 3 is 2.40 bits per heavy atom. The average Bonchev–Trinajstić information content (AvgIpc) is 3.04. The Labute approximate surface area is 174 Å². The quantitative estimate of drug-likeness (QED) is 0.510. The van der Waals surface area contributed by atoms with E-state index in [1.165, 1.54) is 7.11 Å². The molecule has 0 saturated carbocycles. The Morgan fingerprint density at radius 1 is 1.03 bits per heavy atom. The smallest absolute Gasteiger partial charge is 0.337 e. The molecular weight excluding hydrogens is 386 g/mol. The molecule has 3 rings (SSSR count). The van der Waals surface area contributed by atoms with Crippen LogP contribution < -0.4 is 10.6 Å². The summed E-state index contributed by atoms with van der Waals surface area (Å²) in [4.78, 5) is 49.2. The van der Waals surface area contributed by atoms with E-state index in [0.717, 1.165) is 16.0 Å². The van der Waals surface area contributed by atoms with Gasteiger partial charge in [0.15, 0.2) is 0 Å². The van der Waals surface area contributed by atoms with Crippen LogP contribution in [0.5, 0.6) is 0 Å². The zero-order chi connectivity index (χ0) is 21.5. The van der Waals surface area contributed by atoms with Crippen molar-refractivity contribution >= 4 is 23.8 Å². The van der Waals surface area contributed by atoms with Crippen molar-refractivity contribution in [3.05, 3.63) is 71.3 Å². The first kappa shape index (κ1) is 21.0. The number of benzene rings is 2. The molecule has 4 amide bonds. The van der Waals surface area contributed by atoms with Crippen molar-refractivity contribution in [1.82, 2.24) is 15.5 Å². The molecule has 30 heavy (non-hydrogen) atoms. The van der Waals surface area contributed by atoms with Crippen LogP contribution in [-0.4, -0.2) is 48.4 Å². The van der Waals surface area contributed by atoms with E-state index in [2.05, 4.69) is 15.4 Å². The van der Waals surface area contributed by atoms with Crippen molar-refractivity contribution in [1.29, 1.82) is 0 Å². The van der Waals surface area contributed by atoms with E-state index >= 15 is 0 Å². The lowest BCUT2D eigenvalue weighted by Crippen LogP contribution is -2.41. The molecule has 2 aromatic rings. The number of nitrogens with zero attached hydrogens (tertiary/aromatic N) is 1. The van der Waals surface area contributed by atoms with Crippen LogP contribution in [0.2, 0.25) is 0 Å². The zero-order valence-electron chi connectivity index (χ0n) is 16.6. The molecule has 2 N–H and O–H groups in total. The fourth-order valence-corrected chi connectivity index (χ4v) is 3.15. The average molecular weight is 409 g/mol. The van der Waals surface area contributed by atoms with E-state index < -0.39 is 29.9 Å². The molecule has 1 aliphatic rings. The fraction of sp³-hybridized carbons (Fsp3) is 0.273. The summed E-state index contributed by atoms with van der Waals surface area (Å²) in [5, 5.41) is 5.31. The maximum Gasteiger partial charge on any atom is 0.337 e. The van der Waals surface area contributed by atoms with Gasteiger partial charge in [-0.3, -0.25) is 14.5 Å². The molecule has 0 aromatic heterocycles. The minimum Gasteiger partial charge on any atom is -0.465 e. The fourth-order valence-electron chi connectivity index (χ4n) is 3.15. The zero-order valence-corrected chi connectivity index (χ0v) is 16.6. The van der Waals surface area contributed by atoms with Crippen LogP contribution in [0.15, 0.2) is 54.6 Å². The summed E-state index contributed by atoms with van der Waals surface area (Å²) < 4.78 is 4.64. The minimum atomic E-state index is -0.628. The lowest BCUT2D eigenvalue weighted by Gasteiger charge is -2.13. The molecule has 0 spiro atoms. The molecule has 2 aromatic carbocycles. The number of carbonyl (C=O) groups excluding carboxylic acids is 4. The van der Waals surface area contributed by atoms with E-state index in [1.54, 1.807) is 24.3 Å². The van der Waals surface area contributed by atoms with Crippen molar-refractivity contribution in [2.45, 2.75) is 25.4 Å². The van der Waals surface area contributed by atoms with Crippen LogP contribution in [0, 0.1) is 0 Å². The highest BCUT2D eigenvalue weighted by molar-refractivity contribution is 6.06. The molecule has 8 nitrogen and oxygen atoms in total. The van der Waals surface area contributed by atoms with Gasteiger partial charge in [-0.1, -0.05) is 42.5 Å². The van der Waals surface area contributed by atoms with Crippen LogP contribution in [0.3, 0.4) is 0 Å². The summed E-state index contributed by atoms with van der Waals surface area (Å²) in [6.45, 7) is -0.131. The van der Waals surface area contributed by atoms with Gasteiger partial charge >= 0.3 is 12.0 Å². The number of methoxy groups -OCH3 is 1. The molecule has 1 heterocycles. The third kappa shape index (κ3) is 5.22. The number of esters is 1. The Kier molecular flexibility index (Phi) is 6.79. The predicted molar refractivity (Wildman–Crippen MR) is 108 cm³/mol. The second kappa shape index (κ2) is 9.69. The third-order valence-electron chi connectivity index (χ3n) is 4.84. The Hall–Kier alpha value is -3.68. The summed E-state index contributed by atoms with van der Waals surface area (Å²) in [6.07, 6.45) is 1.12. The Morgan fingerprint density at radius 2 is 1.73 bits per heavy atom. The highest BCUT2D eigenvalue weighted by Gasteiger charge is 2.38. The van der Waals surface area contributed by atoms with Crippen molar-refractivity contribution < 1.29 is 23.9 Å². The van der Waals surface area contributed by atoms with Gasteiger partial charge in [-0.15, -0.1) is 0 Å². The van der Waals surface area contributed by atoms with E-state index in [4.69, 9.17) is 0 Å². The molecule has 1 aliphatic heterocycles. The SMILES string of the molecule is COC(=O)c1ccc(CNC(=O)CN2C(=O)NC(CCc3ccccc3)C2=O)cc1. The van der Waals surface area contributed by atoms with E-state index in [9.17, 15) is 19.2 Å². The first-order valence-corrected chi connectivity index (χ1v) is 9.57. The molecule has 0 radical (unpaired) electrons. The number of urea groups is 1. The van der Waals surface area contributed by atoms with E-state index in [0.29, 0.717) is 18.4 Å². The largest absolute Gasteiger partial charge is 0.465 e. The molecule has 1 unspecified atom stereocenters. The van der Waals surface area contributed by atoms with E-state index in [-0.39, 0.29) is 13.1 Å². The second-order valence-corrected chi connectivity index (χ2v) is 6.92. The molecular formula is C22H23N3O5. The van der Waals surface area contributed by atoms with Gasteiger partial charge < -0.3 is 15.4 Å². The maximum atomic E-state index is 12.5. The summed E-state index contributed by atoms with van der Waals surface area (Å²) in [5.74, 6) is -1.28. The highest BCUT2D eigenvalue weighted by Crippen LogP contribution is 2.13. The number of aryl methyl sites for hydroxylation is 1. The standard InChI is InChI=1S/C22H23N3O5/c1-30-21(28)17-10-7-16(8-11-17)13-23-19(26)14-25-20(27)18(24-22(25)29)12-9-15-5-3-2-4-6-15/h2-8,10-11,18H,9,12-14H2,1H3,(H,23,26)(H,24,29). The van der Waals surface area contributed by atoms with Crippen LogP contribution in [0.1, 0.15) is 27.9 Å². The minimum absolute atomic E-state index is 0.210. The normalized spacial score (nSPS) is 15.6. The second-order valence-electron chi connectivity index (χ2n) is 6.92. The number of amides is 4. The number of rotatable bonds is 8. The Bertz CT molecular complexity index is 928. The van der Waals surface area contributed by atoms with Gasteiger partial charge in [-0.25, -0.2) is 9.59 Å². The highest BCUT2D eigenvalue weighted by atomic mass is 16.5. The third-order valence-corrected chi connectivity index (χ3v) is 4.84. The summed E-state index contributed by atoms with van der Waals surface area (Å²) in [5.41, 5.74) is 2.26. The summed E-state index contributed by atoms with van der Waals surface area (Å²) in [7, 11) is 1.30. The van der Waals surface area contributed by atoms with Gasteiger partial charge in [0.1, 0.15) is 12.6 Å². The Balaban J connectivity index is 1.48. The summed E-state index contributed by atoms with van der Waals surface area (Å²) >= 11 is 0. The topological polar surface area (TPSA) is 105 Å². The van der Waals surface area contributed by atoms with Crippen LogP contribution >= 0.6 is 0 Å². The van der Waals surface area contributed by atoms with E-state index in [1.807, 2.05) is 30.3 Å². The van der Waals surface area contributed by atoms with Gasteiger partial charge in [0.2, 0.25) is 5.91 Å². The van der Waals surface area contributed by atoms with Crippen LogP contribution in [-0.2, 0) is 27.3 Å². The first-order valence-electron chi connectivity index (χ1n) is 9.57. The van der Waals surface area contributed by atoms with Gasteiger partial charge in [-0.05, 0) is 36.1 Å². The first-order chi connectivity index (χ1) is 14.5. The molecule has 1 saturated heterocycles. The van der Waals surface area contributed by atoms with Gasteiger partial charge in [0.25, 0.3) is 5.91 Å². The molecule has 0 aliphatic carbocycles. The number of nitrogens with one attached hydrogen (secondary N) is 2. The lowest BCUT2D eigenvalue weighted by atomic mass is 10.1. The molecule has 1 fully saturated rings. The number of hydrogen-bond donors (Lipinski definition) is 2. The van der Waals surface area contributed by atoms with Crippen molar-refractivity contribution in [2.75, 3.05) is 13.7 Å². The molecule has 1 atom stereocenters. The monoisotopic (exact) mass is 409 g/mol. The number of imide groups is 1. The summed E-state index contributed by atoms with van der Waals surface area (Å²) in [6, 6.07) is 15.1. The van der Waals surface area contributed by atoms with Gasteiger partial charge in [-0.2, -0.15) is 0 Å². The van der Waals surface area contributed by atoms with Crippen molar-refractivity contribution in [3.63, 3.8) is 0 Å². The molecule has 156 valence electrons. The van der Waals surface area contributed by atoms with Crippen molar-refractivity contribution in [2.24, 2.45) is 0 Å². The predicted octanol–water partition coefficient (Wildman–Crippen LogP) is 1.64. The molecule has 0 bridgehead atoms. The molecule has 8 heteroatoms. The van der Waals surface area contributed by atoms with Crippen LogP contribution in [0.25, 0.3) is 0 Å². The van der Waals surface area contributed by atoms with Gasteiger partial charge in [0, 0.05) is 6.54 Å². The number of ether oxygens (including phenoxy) is 1. The number of hydrogen-bond acceptors (Lipinski definition) is 5. The maximum absolute atomic E-state index is 12.5. The van der Waals surface area contributed by atoms with Crippen LogP contribution in [0.4, 0.5) is 4.79 Å². The van der Waals surface area contributed by atoms with Gasteiger partial charge in [0.05, 0.1) is 12.7 Å². The number of carbonyl (C=O) groups is 4.